The minimum absolute atomic E-state index is 0.306. The van der Waals surface area contributed by atoms with Gasteiger partial charge in [0.1, 0.15) is 0 Å². The van der Waals surface area contributed by atoms with E-state index in [1.54, 1.807) is 12.0 Å². The van der Waals surface area contributed by atoms with Crippen molar-refractivity contribution >= 4 is 11.3 Å². The van der Waals surface area contributed by atoms with E-state index in [2.05, 4.69) is 24.0 Å². The van der Waals surface area contributed by atoms with Crippen molar-refractivity contribution in [2.24, 2.45) is 5.92 Å². The van der Waals surface area contributed by atoms with Gasteiger partial charge in [-0.2, -0.15) is 0 Å². The van der Waals surface area contributed by atoms with Gasteiger partial charge in [0.2, 0.25) is 0 Å². The molecule has 0 bridgehead atoms. The quantitative estimate of drug-likeness (QED) is 0.851. The number of piperidine rings is 1. The van der Waals surface area contributed by atoms with Crippen molar-refractivity contribution in [1.82, 2.24) is 4.90 Å². The SMILES string of the molecule is COCC[C@]1(O)CCN(Cc2ccc(C3CCCC3)s2)C[C@H]1C. The zero-order valence-electron chi connectivity index (χ0n) is 14.6. The van der Waals surface area contributed by atoms with E-state index in [9.17, 15) is 5.11 Å². The molecule has 1 saturated heterocycles. The van der Waals surface area contributed by atoms with Gasteiger partial charge in [-0.25, -0.2) is 0 Å². The van der Waals surface area contributed by atoms with E-state index in [4.69, 9.17) is 4.74 Å². The number of hydrogen-bond donors (Lipinski definition) is 1. The van der Waals surface area contributed by atoms with E-state index in [1.165, 1.54) is 30.6 Å². The average molecular weight is 338 g/mol. The Bertz CT molecular complexity index is 497. The topological polar surface area (TPSA) is 32.7 Å². The summed E-state index contributed by atoms with van der Waals surface area (Å²) in [6.45, 7) is 5.84. The summed E-state index contributed by atoms with van der Waals surface area (Å²) in [6.07, 6.45) is 7.19. The lowest BCUT2D eigenvalue weighted by atomic mass is 9.80. The molecule has 0 amide bonds. The summed E-state index contributed by atoms with van der Waals surface area (Å²) in [4.78, 5) is 5.59. The molecule has 3 rings (SSSR count). The van der Waals surface area contributed by atoms with Crippen LogP contribution in [0.5, 0.6) is 0 Å². The van der Waals surface area contributed by atoms with Crippen molar-refractivity contribution in [3.8, 4) is 0 Å². The molecular formula is C19H31NO2S. The molecule has 0 spiro atoms. The smallest absolute Gasteiger partial charge is 0.0719 e. The van der Waals surface area contributed by atoms with Crippen LogP contribution in [0.25, 0.3) is 0 Å². The van der Waals surface area contributed by atoms with E-state index in [0.717, 1.165) is 38.4 Å². The van der Waals surface area contributed by atoms with Crippen LogP contribution in [0.1, 0.15) is 61.1 Å². The molecule has 2 aliphatic rings. The summed E-state index contributed by atoms with van der Waals surface area (Å²) in [5, 5.41) is 10.8. The van der Waals surface area contributed by atoms with Crippen LogP contribution in [0.15, 0.2) is 12.1 Å². The van der Waals surface area contributed by atoms with E-state index >= 15 is 0 Å². The van der Waals surface area contributed by atoms with Crippen LogP contribution in [-0.2, 0) is 11.3 Å². The van der Waals surface area contributed by atoms with Crippen LogP contribution in [-0.4, -0.2) is 42.4 Å². The van der Waals surface area contributed by atoms with E-state index in [1.807, 2.05) is 11.3 Å². The van der Waals surface area contributed by atoms with Gasteiger partial charge in [0, 0.05) is 43.1 Å². The van der Waals surface area contributed by atoms with Crippen LogP contribution in [0, 0.1) is 5.92 Å². The molecule has 1 saturated carbocycles. The molecule has 0 unspecified atom stereocenters. The third kappa shape index (κ3) is 4.16. The highest BCUT2D eigenvalue weighted by Crippen LogP contribution is 2.38. The summed E-state index contributed by atoms with van der Waals surface area (Å²) in [5.41, 5.74) is -0.545. The minimum atomic E-state index is -0.545. The molecule has 23 heavy (non-hydrogen) atoms. The van der Waals surface area contributed by atoms with Crippen LogP contribution in [0.4, 0.5) is 0 Å². The Labute approximate surface area is 144 Å². The molecular weight excluding hydrogens is 306 g/mol. The number of methoxy groups -OCH3 is 1. The van der Waals surface area contributed by atoms with Crippen LogP contribution >= 0.6 is 11.3 Å². The number of nitrogens with zero attached hydrogens (tertiary/aromatic N) is 1. The molecule has 2 heterocycles. The first-order valence-electron chi connectivity index (χ1n) is 9.13. The molecule has 0 aromatic carbocycles. The first-order chi connectivity index (χ1) is 11.1. The van der Waals surface area contributed by atoms with Gasteiger partial charge in [-0.05, 0) is 49.7 Å². The van der Waals surface area contributed by atoms with Crippen molar-refractivity contribution in [1.29, 1.82) is 0 Å². The average Bonchev–Trinajstić information content (AvgIpc) is 3.20. The maximum atomic E-state index is 10.8. The van der Waals surface area contributed by atoms with Crippen molar-refractivity contribution < 1.29 is 9.84 Å². The van der Waals surface area contributed by atoms with Gasteiger partial charge < -0.3 is 9.84 Å². The number of aliphatic hydroxyl groups is 1. The Hall–Kier alpha value is -0.420. The third-order valence-corrected chi connectivity index (χ3v) is 7.10. The third-order valence-electron chi connectivity index (χ3n) is 5.87. The monoisotopic (exact) mass is 337 g/mol. The Morgan fingerprint density at radius 3 is 2.83 bits per heavy atom. The van der Waals surface area contributed by atoms with Crippen molar-refractivity contribution in [2.45, 2.75) is 63.5 Å². The van der Waals surface area contributed by atoms with Gasteiger partial charge >= 0.3 is 0 Å². The van der Waals surface area contributed by atoms with Crippen LogP contribution < -0.4 is 0 Å². The highest BCUT2D eigenvalue weighted by molar-refractivity contribution is 7.12. The van der Waals surface area contributed by atoms with E-state index in [-0.39, 0.29) is 0 Å². The first-order valence-corrected chi connectivity index (χ1v) is 9.94. The fourth-order valence-electron chi connectivity index (χ4n) is 4.17. The zero-order chi connectivity index (χ0) is 16.3. The molecule has 1 aliphatic carbocycles. The van der Waals surface area contributed by atoms with Crippen LogP contribution in [0.2, 0.25) is 0 Å². The molecule has 130 valence electrons. The molecule has 2 fully saturated rings. The molecule has 2 atom stereocenters. The minimum Gasteiger partial charge on any atom is -0.389 e. The van der Waals surface area contributed by atoms with Crippen molar-refractivity contribution in [3.05, 3.63) is 21.9 Å². The highest BCUT2D eigenvalue weighted by Gasteiger charge is 2.38. The highest BCUT2D eigenvalue weighted by atomic mass is 32.1. The van der Waals surface area contributed by atoms with Gasteiger partial charge in [0.25, 0.3) is 0 Å². The second-order valence-electron chi connectivity index (χ2n) is 7.52. The summed E-state index contributed by atoms with van der Waals surface area (Å²) < 4.78 is 5.16. The lowest BCUT2D eigenvalue weighted by molar-refractivity contribution is -0.0825. The maximum Gasteiger partial charge on any atom is 0.0719 e. The first kappa shape index (κ1) is 17.4. The lowest BCUT2D eigenvalue weighted by Gasteiger charge is -2.43. The molecule has 1 N–H and O–H groups in total. The summed E-state index contributed by atoms with van der Waals surface area (Å²) in [5.74, 6) is 1.13. The Morgan fingerprint density at radius 2 is 2.13 bits per heavy atom. The van der Waals surface area contributed by atoms with Gasteiger partial charge in [0.15, 0.2) is 0 Å². The molecule has 1 aromatic heterocycles. The number of likely N-dealkylation sites (tertiary alicyclic amines) is 1. The predicted octanol–water partition coefficient (Wildman–Crippen LogP) is 4.02. The van der Waals surface area contributed by atoms with Gasteiger partial charge in [-0.3, -0.25) is 4.90 Å². The summed E-state index contributed by atoms with van der Waals surface area (Å²) >= 11 is 2.01. The van der Waals surface area contributed by atoms with E-state index < -0.39 is 5.60 Å². The fourth-order valence-corrected chi connectivity index (χ4v) is 5.39. The second kappa shape index (κ2) is 7.64. The maximum absolute atomic E-state index is 10.8. The second-order valence-corrected chi connectivity index (χ2v) is 8.72. The van der Waals surface area contributed by atoms with Gasteiger partial charge in [0.05, 0.1) is 5.60 Å². The normalized spacial score (nSPS) is 30.1. The largest absolute Gasteiger partial charge is 0.389 e. The number of hydrogen-bond acceptors (Lipinski definition) is 4. The predicted molar refractivity (Wildman–Crippen MR) is 96.0 cm³/mol. The zero-order valence-corrected chi connectivity index (χ0v) is 15.4. The van der Waals surface area contributed by atoms with Crippen molar-refractivity contribution in [3.63, 3.8) is 0 Å². The number of rotatable bonds is 6. The lowest BCUT2D eigenvalue weighted by Crippen LogP contribution is -2.50. The number of thiophene rings is 1. The van der Waals surface area contributed by atoms with Crippen molar-refractivity contribution in [2.75, 3.05) is 26.8 Å². The molecule has 1 aliphatic heterocycles. The van der Waals surface area contributed by atoms with Crippen LogP contribution in [0.3, 0.4) is 0 Å². The van der Waals surface area contributed by atoms with Gasteiger partial charge in [-0.15, -0.1) is 11.3 Å². The molecule has 3 nitrogen and oxygen atoms in total. The summed E-state index contributed by atoms with van der Waals surface area (Å²) in [7, 11) is 1.71. The molecule has 0 radical (unpaired) electrons. The Morgan fingerprint density at radius 1 is 1.35 bits per heavy atom. The van der Waals surface area contributed by atoms with E-state index in [0.29, 0.717) is 12.5 Å². The molecule has 4 heteroatoms. The fraction of sp³-hybridized carbons (Fsp3) is 0.789. The Balaban J connectivity index is 1.53. The molecule has 1 aromatic rings. The summed E-state index contributed by atoms with van der Waals surface area (Å²) in [6, 6.07) is 4.69. The van der Waals surface area contributed by atoms with Gasteiger partial charge in [-0.1, -0.05) is 19.8 Å². The number of ether oxygens (including phenoxy) is 1. The Kier molecular flexibility index (Phi) is 5.78. The standard InChI is InChI=1S/C19H31NO2S/c1-15-13-20(11-9-19(15,21)10-12-22-2)14-17-7-8-18(23-17)16-5-3-4-6-16/h7-8,15-16,21H,3-6,9-14H2,1-2H3/t15-,19-/m1/s1.